The average molecular weight is 708 g/mol. The highest BCUT2D eigenvalue weighted by atomic mass is 19.1. The molecule has 0 bridgehead atoms. The molecule has 2 aromatic carbocycles. The Bertz CT molecular complexity index is 2150. The Morgan fingerprint density at radius 3 is 2.53 bits per heavy atom. The monoisotopic (exact) mass is 707 g/mol. The van der Waals surface area contributed by atoms with Gasteiger partial charge in [-0.25, -0.2) is 19.2 Å². The van der Waals surface area contributed by atoms with Crippen LogP contribution in [-0.4, -0.2) is 86.3 Å². The van der Waals surface area contributed by atoms with Gasteiger partial charge in [-0.15, -0.1) is 0 Å². The normalized spacial score (nSPS) is 25.2. The van der Waals surface area contributed by atoms with Gasteiger partial charge in [-0.2, -0.15) is 5.26 Å². The van der Waals surface area contributed by atoms with Crippen molar-refractivity contribution >= 4 is 17.0 Å². The van der Waals surface area contributed by atoms with E-state index in [1.165, 1.54) is 42.5 Å². The van der Waals surface area contributed by atoms with Crippen molar-refractivity contribution in [3.05, 3.63) is 99.8 Å². The molecule has 4 atom stereocenters. The number of benzene rings is 2. The molecule has 4 aromatic rings. The first kappa shape index (κ1) is 34.1. The van der Waals surface area contributed by atoms with E-state index in [1.54, 1.807) is 4.57 Å². The Labute approximate surface area is 287 Å². The number of carboxylic acid groups (broad SMARTS) is 1. The third kappa shape index (κ3) is 5.39. The van der Waals surface area contributed by atoms with Gasteiger partial charge in [0.2, 0.25) is 17.4 Å². The van der Waals surface area contributed by atoms with Crippen molar-refractivity contribution in [3.63, 3.8) is 0 Å². The van der Waals surface area contributed by atoms with Crippen LogP contribution in [0.3, 0.4) is 0 Å². The number of aliphatic hydroxyl groups is 6. The lowest BCUT2D eigenvalue weighted by Crippen LogP contribution is -2.70. The largest absolute Gasteiger partial charge is 0.504 e. The van der Waals surface area contributed by atoms with E-state index in [0.29, 0.717) is 28.8 Å². The maximum absolute atomic E-state index is 14.5. The highest BCUT2D eigenvalue weighted by molar-refractivity contribution is 5.92. The number of carboxylic acids is 1. The third-order valence-corrected chi connectivity index (χ3v) is 9.82. The topological polar surface area (TPSA) is 235 Å². The van der Waals surface area contributed by atoms with Crippen LogP contribution in [-0.2, 0) is 30.0 Å². The number of aliphatic hydroxyl groups excluding tert-OH is 4. The summed E-state index contributed by atoms with van der Waals surface area (Å²) in [5.74, 6) is -4.58. The number of aromatic nitrogens is 3. The van der Waals surface area contributed by atoms with Gasteiger partial charge in [-0.3, -0.25) is 4.39 Å². The number of ether oxygens (including phenoxy) is 2. The number of carbonyl (C=O) groups is 1. The second-order valence-corrected chi connectivity index (χ2v) is 13.0. The molecule has 2 unspecified atom stereocenters. The molecule has 0 saturated heterocycles. The summed E-state index contributed by atoms with van der Waals surface area (Å²) in [4.78, 5) is 21.1. The molecule has 0 radical (unpaired) electrons. The molecule has 266 valence electrons. The number of halogens is 2. The molecular weight excluding hydrogens is 676 g/mol. The maximum atomic E-state index is 14.5. The summed E-state index contributed by atoms with van der Waals surface area (Å²) in [5, 5.41) is 88.1. The number of aromatic carboxylic acids is 1. The molecule has 2 aromatic heterocycles. The Kier molecular flexibility index (Phi) is 8.12. The van der Waals surface area contributed by atoms with E-state index in [-0.39, 0.29) is 40.5 Å². The Hall–Kier alpha value is -5.38. The molecule has 7 N–H and O–H groups in total. The summed E-state index contributed by atoms with van der Waals surface area (Å²) in [6.07, 6.45) is -3.07. The molecule has 1 aliphatic carbocycles. The minimum atomic E-state index is -3.14. The lowest BCUT2D eigenvalue weighted by Gasteiger charge is -2.50. The molecule has 51 heavy (non-hydrogen) atoms. The second kappa shape index (κ2) is 12.1. The number of hydrogen-bond donors (Lipinski definition) is 7. The van der Waals surface area contributed by atoms with Gasteiger partial charge in [0.05, 0.1) is 53.7 Å². The minimum absolute atomic E-state index is 0.0396. The van der Waals surface area contributed by atoms with E-state index in [1.807, 2.05) is 6.07 Å². The number of nitrogens with zero attached hydrogens (tertiary/aromatic N) is 5. The van der Waals surface area contributed by atoms with Gasteiger partial charge in [0.25, 0.3) is 0 Å². The van der Waals surface area contributed by atoms with E-state index in [2.05, 4.69) is 9.97 Å². The summed E-state index contributed by atoms with van der Waals surface area (Å²) < 4.78 is 41.1. The first-order valence-electron chi connectivity index (χ1n) is 15.7. The maximum Gasteiger partial charge on any atom is 0.335 e. The molecule has 15 nitrogen and oxygen atoms in total. The first-order chi connectivity index (χ1) is 24.2. The zero-order valence-electron chi connectivity index (χ0n) is 26.6. The highest BCUT2D eigenvalue weighted by Gasteiger charge is 2.67. The van der Waals surface area contributed by atoms with Gasteiger partial charge >= 0.3 is 5.97 Å². The zero-order chi connectivity index (χ0) is 36.5. The zero-order valence-corrected chi connectivity index (χ0v) is 26.6. The molecule has 17 heteroatoms. The molecule has 7 rings (SSSR count). The number of alkyl halides is 1. The van der Waals surface area contributed by atoms with Crippen LogP contribution < -0.4 is 4.74 Å². The third-order valence-electron chi connectivity index (χ3n) is 9.82. The molecule has 2 aliphatic heterocycles. The van der Waals surface area contributed by atoms with Gasteiger partial charge in [-0.1, -0.05) is 6.07 Å². The summed E-state index contributed by atoms with van der Waals surface area (Å²) >= 11 is 0. The van der Waals surface area contributed by atoms with Crippen LogP contribution in [0.1, 0.15) is 57.7 Å². The number of nitriles is 1. The number of pyridine rings is 1. The van der Waals surface area contributed by atoms with E-state index in [0.717, 1.165) is 6.07 Å². The van der Waals surface area contributed by atoms with Crippen molar-refractivity contribution in [2.75, 3.05) is 13.3 Å². The molecule has 4 heterocycles. The first-order valence-corrected chi connectivity index (χ1v) is 15.7. The van der Waals surface area contributed by atoms with Crippen molar-refractivity contribution in [3.8, 4) is 11.9 Å². The van der Waals surface area contributed by atoms with Crippen molar-refractivity contribution in [1.82, 2.24) is 19.4 Å². The second-order valence-electron chi connectivity index (χ2n) is 13.0. The molecular formula is C34H31F2N5O10. The molecule has 1 fully saturated rings. The van der Waals surface area contributed by atoms with Crippen molar-refractivity contribution in [2.45, 2.75) is 56.3 Å². The number of fused-ring (bicyclic) bond motifs is 4. The Morgan fingerprint density at radius 1 is 1.10 bits per heavy atom. The van der Waals surface area contributed by atoms with Crippen molar-refractivity contribution < 1.29 is 58.8 Å². The fraction of sp³-hybridized carbons (Fsp3) is 0.353. The SMILES string of the molecule is N#Cc1ccc(COc2ccc3c(n2)[C@@]2(O)C(O)=C(O)N(Cc4nc5ccc(C(=O)O)cc5n4CC4(CF)CC4)C(O)[C@]2(O)COC3O)c(F)c1. The molecule has 3 aliphatic rings. The minimum Gasteiger partial charge on any atom is -0.504 e. The summed E-state index contributed by atoms with van der Waals surface area (Å²) in [6, 6.07) is 12.1. The van der Waals surface area contributed by atoms with Crippen molar-refractivity contribution in [1.29, 1.82) is 5.26 Å². The quantitative estimate of drug-likeness (QED) is 0.132. The van der Waals surface area contributed by atoms with Crippen LogP contribution >= 0.6 is 0 Å². The van der Waals surface area contributed by atoms with Gasteiger partial charge in [0.15, 0.2) is 23.9 Å². The van der Waals surface area contributed by atoms with Gasteiger partial charge < -0.3 is 54.7 Å². The van der Waals surface area contributed by atoms with Crippen LogP contribution in [0.4, 0.5) is 8.78 Å². The van der Waals surface area contributed by atoms with E-state index in [4.69, 9.17) is 14.7 Å². The summed E-state index contributed by atoms with van der Waals surface area (Å²) in [7, 11) is 0. The average Bonchev–Trinajstić information content (AvgIpc) is 3.85. The fourth-order valence-corrected chi connectivity index (χ4v) is 6.53. The summed E-state index contributed by atoms with van der Waals surface area (Å²) in [5.41, 5.74) is -7.08. The Balaban J connectivity index is 1.28. The molecule has 0 amide bonds. The highest BCUT2D eigenvalue weighted by Crippen LogP contribution is 2.51. The number of hydrogen-bond acceptors (Lipinski definition) is 13. The van der Waals surface area contributed by atoms with Gasteiger partial charge in [0.1, 0.15) is 18.2 Å². The number of imidazole rings is 1. The summed E-state index contributed by atoms with van der Waals surface area (Å²) in [6.45, 7) is -2.60. The predicted molar refractivity (Wildman–Crippen MR) is 168 cm³/mol. The van der Waals surface area contributed by atoms with Crippen LogP contribution in [0.15, 0.2) is 60.2 Å². The van der Waals surface area contributed by atoms with Crippen molar-refractivity contribution in [2.24, 2.45) is 5.41 Å². The van der Waals surface area contributed by atoms with E-state index >= 15 is 0 Å². The van der Waals surface area contributed by atoms with Crippen LogP contribution in [0.5, 0.6) is 5.88 Å². The Morgan fingerprint density at radius 2 is 1.86 bits per heavy atom. The lowest BCUT2D eigenvalue weighted by atomic mass is 9.74. The fourth-order valence-electron chi connectivity index (χ4n) is 6.53. The van der Waals surface area contributed by atoms with Gasteiger partial charge in [0, 0.05) is 29.2 Å². The lowest BCUT2D eigenvalue weighted by molar-refractivity contribution is -0.284. The number of rotatable bonds is 9. The molecule has 0 spiro atoms. The van der Waals surface area contributed by atoms with Crippen LogP contribution in [0, 0.1) is 22.6 Å². The van der Waals surface area contributed by atoms with E-state index in [9.17, 15) is 49.3 Å². The van der Waals surface area contributed by atoms with Crippen LogP contribution in [0.25, 0.3) is 11.0 Å². The smallest absolute Gasteiger partial charge is 0.335 e. The standard InChI is InChI=1S/C34H31F2N5O10/c35-14-32(7-8-32)15-41-23-10-18(29(44)45)3-5-22(23)38-24(41)12-40-28(43)27(42)34(49)26-20(30(46)51-16-33(34,48)31(40)47)4-6-25(39-26)50-13-19-2-1-17(11-37)9-21(19)36/h1-6,9-10,30-31,42-43,46-49H,7-8,12-16H2,(H,44,45)/t30?,31?,33-,34-/m1/s1. The molecule has 1 saturated carbocycles. The van der Waals surface area contributed by atoms with E-state index < -0.39 is 84.7 Å². The predicted octanol–water partition coefficient (Wildman–Crippen LogP) is 2.53. The van der Waals surface area contributed by atoms with Crippen LogP contribution in [0.2, 0.25) is 0 Å². The van der Waals surface area contributed by atoms with Gasteiger partial charge in [-0.05, 0) is 49.2 Å².